The summed E-state index contributed by atoms with van der Waals surface area (Å²) in [6.07, 6.45) is 9.00. The van der Waals surface area contributed by atoms with Crippen molar-refractivity contribution in [2.45, 2.75) is 58.4 Å². The van der Waals surface area contributed by atoms with Crippen LogP contribution in [0.5, 0.6) is 11.5 Å². The maximum atomic E-state index is 5.84. The van der Waals surface area contributed by atoms with Crippen molar-refractivity contribution < 1.29 is 9.47 Å². The molecule has 0 aromatic heterocycles. The summed E-state index contributed by atoms with van der Waals surface area (Å²) < 4.78 is 11.6. The van der Waals surface area contributed by atoms with Gasteiger partial charge in [0, 0.05) is 18.5 Å². The van der Waals surface area contributed by atoms with Gasteiger partial charge in [0.25, 0.3) is 0 Å². The van der Waals surface area contributed by atoms with Gasteiger partial charge in [0.2, 0.25) is 0 Å². The molecule has 0 fully saturated rings. The van der Waals surface area contributed by atoms with Crippen LogP contribution in [0.1, 0.15) is 57.4 Å². The Bertz CT molecular complexity index is 406. The minimum Gasteiger partial charge on any atom is -0.490 e. The second kappa shape index (κ2) is 9.67. The number of para-hydroxylation sites is 1. The molecule has 2 rings (SSSR count). The Morgan fingerprint density at radius 1 is 1.00 bits per heavy atom. The van der Waals surface area contributed by atoms with E-state index in [0.717, 1.165) is 44.2 Å². The third kappa shape index (κ3) is 5.58. The van der Waals surface area contributed by atoms with Crippen molar-refractivity contribution >= 4 is 0 Å². The van der Waals surface area contributed by atoms with Crippen molar-refractivity contribution in [2.24, 2.45) is 0 Å². The molecule has 118 valence electrons. The van der Waals surface area contributed by atoms with E-state index in [1.54, 1.807) is 0 Å². The number of unbranched alkanes of at least 4 members (excludes halogenated alkanes) is 5. The normalized spacial score (nSPS) is 14.0. The maximum absolute atomic E-state index is 5.84. The standard InChI is InChI=1S/C18H29NO2/c1-2-3-4-5-6-7-12-19-15-16-10-8-11-17-18(16)21-14-9-13-20-17/h8,10-11,19H,2-7,9,12-15H2,1H3. The summed E-state index contributed by atoms with van der Waals surface area (Å²) in [6, 6.07) is 6.18. The highest BCUT2D eigenvalue weighted by Crippen LogP contribution is 2.33. The van der Waals surface area contributed by atoms with Crippen molar-refractivity contribution in [3.8, 4) is 11.5 Å². The van der Waals surface area contributed by atoms with Gasteiger partial charge in [0.15, 0.2) is 11.5 Å². The fourth-order valence-corrected chi connectivity index (χ4v) is 2.65. The van der Waals surface area contributed by atoms with Gasteiger partial charge in [-0.3, -0.25) is 0 Å². The summed E-state index contributed by atoms with van der Waals surface area (Å²) in [7, 11) is 0. The van der Waals surface area contributed by atoms with Gasteiger partial charge in [-0.15, -0.1) is 0 Å². The molecule has 1 aliphatic rings. The summed E-state index contributed by atoms with van der Waals surface area (Å²) in [5, 5.41) is 3.53. The van der Waals surface area contributed by atoms with E-state index in [1.165, 1.54) is 44.1 Å². The Morgan fingerprint density at radius 2 is 1.81 bits per heavy atom. The average Bonchev–Trinajstić information content (AvgIpc) is 2.76. The number of nitrogens with one attached hydrogen (secondary N) is 1. The Kier molecular flexibility index (Phi) is 7.44. The molecule has 21 heavy (non-hydrogen) atoms. The van der Waals surface area contributed by atoms with Crippen LogP contribution in [0.2, 0.25) is 0 Å². The first-order valence-corrected chi connectivity index (χ1v) is 8.50. The topological polar surface area (TPSA) is 30.5 Å². The van der Waals surface area contributed by atoms with E-state index in [1.807, 2.05) is 6.07 Å². The summed E-state index contributed by atoms with van der Waals surface area (Å²) in [5.41, 5.74) is 1.21. The van der Waals surface area contributed by atoms with E-state index in [4.69, 9.17) is 9.47 Å². The molecule has 1 aromatic carbocycles. The summed E-state index contributed by atoms with van der Waals surface area (Å²) in [4.78, 5) is 0. The van der Waals surface area contributed by atoms with Gasteiger partial charge in [-0.2, -0.15) is 0 Å². The molecular weight excluding hydrogens is 262 g/mol. The van der Waals surface area contributed by atoms with Gasteiger partial charge < -0.3 is 14.8 Å². The molecule has 0 radical (unpaired) electrons. The van der Waals surface area contributed by atoms with E-state index >= 15 is 0 Å². The Morgan fingerprint density at radius 3 is 2.71 bits per heavy atom. The molecule has 0 amide bonds. The molecule has 1 aliphatic heterocycles. The molecule has 0 aliphatic carbocycles. The van der Waals surface area contributed by atoms with Gasteiger partial charge in [-0.25, -0.2) is 0 Å². The second-order valence-electron chi connectivity index (χ2n) is 5.74. The van der Waals surface area contributed by atoms with Crippen LogP contribution in [0.15, 0.2) is 18.2 Å². The van der Waals surface area contributed by atoms with Gasteiger partial charge in [-0.05, 0) is 19.0 Å². The lowest BCUT2D eigenvalue weighted by Crippen LogP contribution is -2.15. The van der Waals surface area contributed by atoms with E-state index < -0.39 is 0 Å². The van der Waals surface area contributed by atoms with Crippen molar-refractivity contribution in [1.82, 2.24) is 5.32 Å². The quantitative estimate of drug-likeness (QED) is 0.688. The molecule has 0 saturated heterocycles. The van der Waals surface area contributed by atoms with E-state index in [-0.39, 0.29) is 0 Å². The molecule has 1 N–H and O–H groups in total. The van der Waals surface area contributed by atoms with Crippen LogP contribution < -0.4 is 14.8 Å². The van der Waals surface area contributed by atoms with Crippen molar-refractivity contribution in [2.75, 3.05) is 19.8 Å². The fraction of sp³-hybridized carbons (Fsp3) is 0.667. The summed E-state index contributed by atoms with van der Waals surface area (Å²) in [5.74, 6) is 1.83. The molecule has 0 spiro atoms. The van der Waals surface area contributed by atoms with Crippen LogP contribution in [0.25, 0.3) is 0 Å². The monoisotopic (exact) mass is 291 g/mol. The summed E-state index contributed by atoms with van der Waals surface area (Å²) >= 11 is 0. The number of fused-ring (bicyclic) bond motifs is 1. The zero-order valence-electron chi connectivity index (χ0n) is 13.3. The van der Waals surface area contributed by atoms with Gasteiger partial charge in [0.1, 0.15) is 0 Å². The predicted octanol–water partition coefficient (Wildman–Crippen LogP) is 4.30. The minimum absolute atomic E-state index is 0.751. The zero-order valence-corrected chi connectivity index (χ0v) is 13.3. The van der Waals surface area contributed by atoms with Crippen LogP contribution >= 0.6 is 0 Å². The second-order valence-corrected chi connectivity index (χ2v) is 5.74. The molecule has 3 nitrogen and oxygen atoms in total. The van der Waals surface area contributed by atoms with Gasteiger partial charge in [0.05, 0.1) is 13.2 Å². The number of hydrogen-bond acceptors (Lipinski definition) is 3. The van der Waals surface area contributed by atoms with Crippen LogP contribution in [0, 0.1) is 0 Å². The molecule has 3 heteroatoms. The average molecular weight is 291 g/mol. The van der Waals surface area contributed by atoms with Crippen LogP contribution in [0.3, 0.4) is 0 Å². The highest BCUT2D eigenvalue weighted by Gasteiger charge is 2.13. The van der Waals surface area contributed by atoms with Crippen molar-refractivity contribution in [3.63, 3.8) is 0 Å². The first-order chi connectivity index (χ1) is 10.4. The third-order valence-corrected chi connectivity index (χ3v) is 3.88. The van der Waals surface area contributed by atoms with Crippen LogP contribution in [0.4, 0.5) is 0 Å². The molecular formula is C18H29NO2. The van der Waals surface area contributed by atoms with Gasteiger partial charge >= 0.3 is 0 Å². The Hall–Kier alpha value is -1.22. The Balaban J connectivity index is 1.69. The van der Waals surface area contributed by atoms with E-state index in [2.05, 4.69) is 24.4 Å². The largest absolute Gasteiger partial charge is 0.490 e. The minimum atomic E-state index is 0.751. The van der Waals surface area contributed by atoms with Crippen molar-refractivity contribution in [1.29, 1.82) is 0 Å². The van der Waals surface area contributed by atoms with Gasteiger partial charge in [-0.1, -0.05) is 51.2 Å². The molecule has 1 aromatic rings. The first-order valence-electron chi connectivity index (χ1n) is 8.50. The lowest BCUT2D eigenvalue weighted by atomic mass is 10.1. The molecule has 0 saturated carbocycles. The number of hydrogen-bond donors (Lipinski definition) is 1. The smallest absolute Gasteiger partial charge is 0.165 e. The Labute approximate surface area is 129 Å². The van der Waals surface area contributed by atoms with E-state index in [9.17, 15) is 0 Å². The van der Waals surface area contributed by atoms with Crippen molar-refractivity contribution in [3.05, 3.63) is 23.8 Å². The molecule has 0 unspecified atom stereocenters. The third-order valence-electron chi connectivity index (χ3n) is 3.88. The molecule has 0 bridgehead atoms. The highest BCUT2D eigenvalue weighted by molar-refractivity contribution is 5.46. The maximum Gasteiger partial charge on any atom is 0.165 e. The zero-order chi connectivity index (χ0) is 14.8. The SMILES string of the molecule is CCCCCCCCNCc1cccc2c1OCCCO2. The molecule has 0 atom stereocenters. The van der Waals surface area contributed by atoms with Crippen LogP contribution in [-0.4, -0.2) is 19.8 Å². The first kappa shape index (κ1) is 16.2. The fourth-order valence-electron chi connectivity index (χ4n) is 2.65. The number of ether oxygens (including phenoxy) is 2. The van der Waals surface area contributed by atoms with Crippen LogP contribution in [-0.2, 0) is 6.54 Å². The lowest BCUT2D eigenvalue weighted by Gasteiger charge is -2.13. The lowest BCUT2D eigenvalue weighted by molar-refractivity contribution is 0.296. The number of rotatable bonds is 9. The highest BCUT2D eigenvalue weighted by atomic mass is 16.5. The summed E-state index contributed by atoms with van der Waals surface area (Å²) in [6.45, 7) is 5.71. The molecule has 1 heterocycles. The number of benzene rings is 1. The van der Waals surface area contributed by atoms with E-state index in [0.29, 0.717) is 0 Å². The predicted molar refractivity (Wildman–Crippen MR) is 87.1 cm³/mol.